The summed E-state index contributed by atoms with van der Waals surface area (Å²) < 4.78 is 5.28. The summed E-state index contributed by atoms with van der Waals surface area (Å²) in [4.78, 5) is 11.2. The van der Waals surface area contributed by atoms with Crippen molar-refractivity contribution in [2.24, 2.45) is 5.92 Å². The normalized spacial score (nSPS) is 29.5. The van der Waals surface area contributed by atoms with Gasteiger partial charge in [-0.2, -0.15) is 5.16 Å². The standard InChI is InChI=1S/C15H24N2O2/c18-15-10-14(19-17-15)12-6-7-16-13(9-12)8-11-4-2-1-3-5-11/h10-13,16H,1-9H2,(H,17,18)/t12-,13-/m1/s1. The lowest BCUT2D eigenvalue weighted by Crippen LogP contribution is -2.38. The molecule has 2 atom stereocenters. The first-order chi connectivity index (χ1) is 9.31. The molecule has 0 bridgehead atoms. The molecule has 2 N–H and O–H groups in total. The van der Waals surface area contributed by atoms with Crippen LogP contribution in [0.3, 0.4) is 0 Å². The largest absolute Gasteiger partial charge is 0.383 e. The van der Waals surface area contributed by atoms with Crippen molar-refractivity contribution in [1.29, 1.82) is 0 Å². The van der Waals surface area contributed by atoms with Crippen LogP contribution >= 0.6 is 0 Å². The fourth-order valence-electron chi connectivity index (χ4n) is 3.77. The molecule has 1 aliphatic carbocycles. The smallest absolute Gasteiger partial charge is 0.280 e. The molecule has 0 spiro atoms. The Labute approximate surface area is 113 Å². The van der Waals surface area contributed by atoms with Gasteiger partial charge in [-0.05, 0) is 31.7 Å². The summed E-state index contributed by atoms with van der Waals surface area (Å²) in [6.07, 6.45) is 10.5. The second-order valence-electron chi connectivity index (χ2n) is 6.23. The van der Waals surface area contributed by atoms with Crippen molar-refractivity contribution in [2.75, 3.05) is 6.54 Å². The van der Waals surface area contributed by atoms with Crippen LogP contribution in [0.4, 0.5) is 0 Å². The summed E-state index contributed by atoms with van der Waals surface area (Å²) in [7, 11) is 0. The van der Waals surface area contributed by atoms with Gasteiger partial charge in [0.25, 0.3) is 5.56 Å². The Kier molecular flexibility index (Phi) is 4.06. The number of aromatic amines is 1. The lowest BCUT2D eigenvalue weighted by atomic mass is 9.80. The molecule has 2 fully saturated rings. The number of piperidine rings is 1. The lowest BCUT2D eigenvalue weighted by molar-refractivity contribution is 0.242. The predicted octanol–water partition coefficient (Wildman–Crippen LogP) is 2.77. The van der Waals surface area contributed by atoms with Crippen LogP contribution in [-0.4, -0.2) is 17.7 Å². The molecule has 1 saturated heterocycles. The molecule has 1 aromatic heterocycles. The second kappa shape index (κ2) is 5.95. The van der Waals surface area contributed by atoms with Crippen molar-refractivity contribution in [3.05, 3.63) is 22.2 Å². The molecule has 4 heteroatoms. The quantitative estimate of drug-likeness (QED) is 0.882. The highest BCUT2D eigenvalue weighted by molar-refractivity contribution is 5.05. The SMILES string of the molecule is O=c1cc([C@@H]2CCN[C@H](CC3CCCCC3)C2)o[nH]1. The van der Waals surface area contributed by atoms with E-state index in [1.54, 1.807) is 6.07 Å². The van der Waals surface area contributed by atoms with Gasteiger partial charge in [-0.25, -0.2) is 0 Å². The molecule has 0 aromatic carbocycles. The zero-order valence-corrected chi connectivity index (χ0v) is 11.5. The summed E-state index contributed by atoms with van der Waals surface area (Å²) in [5.41, 5.74) is -0.114. The minimum absolute atomic E-state index is 0.114. The summed E-state index contributed by atoms with van der Waals surface area (Å²) in [5, 5.41) is 6.05. The predicted molar refractivity (Wildman–Crippen MR) is 74.3 cm³/mol. The van der Waals surface area contributed by atoms with Crippen molar-refractivity contribution in [1.82, 2.24) is 10.5 Å². The molecule has 1 aromatic rings. The molecule has 1 saturated carbocycles. The number of H-pyrrole nitrogens is 1. The van der Waals surface area contributed by atoms with Crippen LogP contribution in [-0.2, 0) is 0 Å². The number of hydrogen-bond acceptors (Lipinski definition) is 3. The van der Waals surface area contributed by atoms with Gasteiger partial charge >= 0.3 is 0 Å². The highest BCUT2D eigenvalue weighted by Crippen LogP contribution is 2.33. The van der Waals surface area contributed by atoms with Gasteiger partial charge in [0.05, 0.1) is 0 Å². The number of nitrogens with one attached hydrogen (secondary N) is 2. The molecule has 0 unspecified atom stereocenters. The van der Waals surface area contributed by atoms with Crippen molar-refractivity contribution in [3.63, 3.8) is 0 Å². The van der Waals surface area contributed by atoms with E-state index < -0.39 is 0 Å². The van der Waals surface area contributed by atoms with Gasteiger partial charge in [0.1, 0.15) is 5.76 Å². The Bertz CT molecular complexity index is 445. The van der Waals surface area contributed by atoms with E-state index in [1.807, 2.05) is 0 Å². The van der Waals surface area contributed by atoms with E-state index in [0.29, 0.717) is 12.0 Å². The average molecular weight is 264 g/mol. The van der Waals surface area contributed by atoms with Gasteiger partial charge in [-0.15, -0.1) is 0 Å². The third-order valence-corrected chi connectivity index (χ3v) is 4.78. The summed E-state index contributed by atoms with van der Waals surface area (Å²) in [5.74, 6) is 2.16. The van der Waals surface area contributed by atoms with Crippen LogP contribution in [0, 0.1) is 5.92 Å². The minimum atomic E-state index is -0.114. The summed E-state index contributed by atoms with van der Waals surface area (Å²) >= 11 is 0. The Morgan fingerprint density at radius 1 is 1.21 bits per heavy atom. The fourth-order valence-corrected chi connectivity index (χ4v) is 3.77. The average Bonchev–Trinajstić information content (AvgIpc) is 2.87. The summed E-state index contributed by atoms with van der Waals surface area (Å²) in [6, 6.07) is 2.22. The minimum Gasteiger partial charge on any atom is -0.383 e. The van der Waals surface area contributed by atoms with Crippen LogP contribution in [0.1, 0.15) is 63.0 Å². The van der Waals surface area contributed by atoms with E-state index in [0.717, 1.165) is 31.1 Å². The van der Waals surface area contributed by atoms with E-state index in [-0.39, 0.29) is 5.56 Å². The van der Waals surface area contributed by atoms with Crippen molar-refractivity contribution in [3.8, 4) is 0 Å². The van der Waals surface area contributed by atoms with E-state index >= 15 is 0 Å². The van der Waals surface area contributed by atoms with E-state index in [2.05, 4.69) is 10.5 Å². The first kappa shape index (κ1) is 13.0. The maximum atomic E-state index is 11.2. The molecule has 0 amide bonds. The Hall–Kier alpha value is -1.03. The van der Waals surface area contributed by atoms with Crippen molar-refractivity contribution < 1.29 is 4.52 Å². The topological polar surface area (TPSA) is 58.0 Å². The highest BCUT2D eigenvalue weighted by atomic mass is 16.5. The van der Waals surface area contributed by atoms with Crippen molar-refractivity contribution >= 4 is 0 Å². The Morgan fingerprint density at radius 3 is 2.79 bits per heavy atom. The van der Waals surface area contributed by atoms with Crippen LogP contribution in [0.15, 0.2) is 15.4 Å². The van der Waals surface area contributed by atoms with Crippen LogP contribution in [0.5, 0.6) is 0 Å². The lowest BCUT2D eigenvalue weighted by Gasteiger charge is -2.32. The highest BCUT2D eigenvalue weighted by Gasteiger charge is 2.27. The molecule has 3 rings (SSSR count). The van der Waals surface area contributed by atoms with Gasteiger partial charge in [0.15, 0.2) is 0 Å². The molecule has 2 heterocycles. The molecule has 2 aliphatic rings. The maximum Gasteiger partial charge on any atom is 0.280 e. The number of rotatable bonds is 3. The van der Waals surface area contributed by atoms with Gasteiger partial charge in [0.2, 0.25) is 0 Å². The zero-order valence-electron chi connectivity index (χ0n) is 11.5. The second-order valence-corrected chi connectivity index (χ2v) is 6.23. The van der Waals surface area contributed by atoms with Crippen molar-refractivity contribution in [2.45, 2.75) is 63.3 Å². The van der Waals surface area contributed by atoms with Gasteiger partial charge in [-0.3, -0.25) is 4.79 Å². The molecular weight excluding hydrogens is 240 g/mol. The molecular formula is C15H24N2O2. The Balaban J connectivity index is 1.56. The molecule has 0 radical (unpaired) electrons. The first-order valence-corrected chi connectivity index (χ1v) is 7.73. The van der Waals surface area contributed by atoms with Crippen LogP contribution < -0.4 is 10.9 Å². The number of hydrogen-bond donors (Lipinski definition) is 2. The molecule has 19 heavy (non-hydrogen) atoms. The first-order valence-electron chi connectivity index (χ1n) is 7.73. The fraction of sp³-hybridized carbons (Fsp3) is 0.800. The van der Waals surface area contributed by atoms with Crippen LogP contribution in [0.25, 0.3) is 0 Å². The summed E-state index contributed by atoms with van der Waals surface area (Å²) in [6.45, 7) is 1.04. The van der Waals surface area contributed by atoms with Gasteiger partial charge in [0, 0.05) is 18.0 Å². The van der Waals surface area contributed by atoms with E-state index in [1.165, 1.54) is 38.5 Å². The molecule has 106 valence electrons. The third kappa shape index (κ3) is 3.30. The van der Waals surface area contributed by atoms with Gasteiger partial charge in [-0.1, -0.05) is 32.1 Å². The van der Waals surface area contributed by atoms with Gasteiger partial charge < -0.3 is 9.84 Å². The molecule has 1 aliphatic heterocycles. The van der Waals surface area contributed by atoms with E-state index in [9.17, 15) is 4.79 Å². The maximum absolute atomic E-state index is 11.2. The molecule has 4 nitrogen and oxygen atoms in total. The third-order valence-electron chi connectivity index (χ3n) is 4.78. The zero-order chi connectivity index (χ0) is 13.1. The Morgan fingerprint density at radius 2 is 2.05 bits per heavy atom. The number of aromatic nitrogens is 1. The monoisotopic (exact) mass is 264 g/mol. The van der Waals surface area contributed by atoms with E-state index in [4.69, 9.17) is 4.52 Å². The van der Waals surface area contributed by atoms with Crippen LogP contribution in [0.2, 0.25) is 0 Å².